The average molecular weight is 385 g/mol. The highest BCUT2D eigenvalue weighted by atomic mass is 32.2. The Kier molecular flexibility index (Phi) is 5.66. The van der Waals surface area contributed by atoms with Crippen LogP contribution in [0.2, 0.25) is 0 Å². The van der Waals surface area contributed by atoms with Gasteiger partial charge in [-0.3, -0.25) is 19.3 Å². The van der Waals surface area contributed by atoms with E-state index in [1.807, 2.05) is 36.9 Å². The van der Waals surface area contributed by atoms with Crippen LogP contribution in [0.5, 0.6) is 5.75 Å². The molecule has 1 fully saturated rings. The summed E-state index contributed by atoms with van der Waals surface area (Å²) in [6.07, 6.45) is 3.50. The molecule has 27 heavy (non-hydrogen) atoms. The van der Waals surface area contributed by atoms with E-state index in [0.717, 1.165) is 22.4 Å². The molecule has 0 atom stereocenters. The van der Waals surface area contributed by atoms with Gasteiger partial charge in [0.2, 0.25) is 5.91 Å². The largest absolute Gasteiger partial charge is 0.494 e. The van der Waals surface area contributed by atoms with Crippen molar-refractivity contribution in [2.75, 3.05) is 18.5 Å². The lowest BCUT2D eigenvalue weighted by Crippen LogP contribution is -2.36. The highest BCUT2D eigenvalue weighted by Crippen LogP contribution is 2.32. The molecule has 1 aliphatic heterocycles. The monoisotopic (exact) mass is 385 g/mol. The first kappa shape index (κ1) is 18.8. The minimum atomic E-state index is -0.465. The van der Waals surface area contributed by atoms with Crippen LogP contribution in [0.3, 0.4) is 0 Å². The molecular weight excluding hydrogens is 366 g/mol. The molecule has 0 saturated carbocycles. The predicted molar refractivity (Wildman–Crippen MR) is 104 cm³/mol. The van der Waals surface area contributed by atoms with Gasteiger partial charge in [-0.15, -0.1) is 0 Å². The number of amides is 3. The number of nitrogens with zero attached hydrogens (tertiary/aromatic N) is 2. The van der Waals surface area contributed by atoms with Crippen molar-refractivity contribution in [3.8, 4) is 5.75 Å². The first-order valence-corrected chi connectivity index (χ1v) is 9.19. The number of rotatable bonds is 6. The summed E-state index contributed by atoms with van der Waals surface area (Å²) >= 11 is 0.833. The van der Waals surface area contributed by atoms with Gasteiger partial charge in [-0.25, -0.2) is 0 Å². The lowest BCUT2D eigenvalue weighted by molar-refractivity contribution is -0.127. The van der Waals surface area contributed by atoms with E-state index in [2.05, 4.69) is 5.32 Å². The molecule has 3 rings (SSSR count). The van der Waals surface area contributed by atoms with Gasteiger partial charge in [0.15, 0.2) is 0 Å². The van der Waals surface area contributed by atoms with Gasteiger partial charge in [0.25, 0.3) is 11.1 Å². The summed E-state index contributed by atoms with van der Waals surface area (Å²) in [6, 6.07) is 10.6. The van der Waals surface area contributed by atoms with Crippen molar-refractivity contribution in [3.05, 3.63) is 53.2 Å². The Balaban J connectivity index is 1.63. The number of aromatic nitrogens is 1. The van der Waals surface area contributed by atoms with Crippen molar-refractivity contribution in [1.82, 2.24) is 9.47 Å². The summed E-state index contributed by atoms with van der Waals surface area (Å²) in [7, 11) is 1.85. The molecule has 1 aromatic carbocycles. The highest BCUT2D eigenvalue weighted by Gasteiger charge is 2.36. The molecule has 2 aromatic rings. The van der Waals surface area contributed by atoms with Crippen LogP contribution < -0.4 is 10.1 Å². The topological polar surface area (TPSA) is 80.6 Å². The Morgan fingerprint density at radius 2 is 1.96 bits per heavy atom. The second kappa shape index (κ2) is 8.13. The fraction of sp³-hybridized carbons (Fsp3) is 0.211. The molecular formula is C19H19N3O4S. The molecule has 1 aromatic heterocycles. The number of carbonyl (C=O) groups excluding carboxylic acids is 3. The third-order valence-electron chi connectivity index (χ3n) is 3.89. The molecule has 1 N–H and O–H groups in total. The van der Waals surface area contributed by atoms with Gasteiger partial charge in [0.1, 0.15) is 12.3 Å². The second-order valence-electron chi connectivity index (χ2n) is 5.82. The lowest BCUT2D eigenvalue weighted by atomic mass is 10.3. The Morgan fingerprint density at radius 3 is 2.59 bits per heavy atom. The standard InChI is InChI=1S/C19H19N3O4S/c1-3-26-15-8-6-13(7-9-15)20-17(23)12-22-18(24)16(27-19(22)25)11-14-5-4-10-21(14)2/h4-11H,3,12H2,1-2H3,(H,20,23)/b16-11-. The molecule has 0 aliphatic carbocycles. The smallest absolute Gasteiger partial charge is 0.294 e. The predicted octanol–water partition coefficient (Wildman–Crippen LogP) is 3.10. The molecule has 0 spiro atoms. The summed E-state index contributed by atoms with van der Waals surface area (Å²) < 4.78 is 7.18. The quantitative estimate of drug-likeness (QED) is 0.773. The van der Waals surface area contributed by atoms with Gasteiger partial charge >= 0.3 is 0 Å². The SMILES string of the molecule is CCOc1ccc(NC(=O)CN2C(=O)S/C(=C\c3cccn3C)C2=O)cc1. The van der Waals surface area contributed by atoms with Crippen molar-refractivity contribution in [2.24, 2.45) is 7.05 Å². The van der Waals surface area contributed by atoms with E-state index in [9.17, 15) is 14.4 Å². The zero-order valence-corrected chi connectivity index (χ0v) is 15.8. The summed E-state index contributed by atoms with van der Waals surface area (Å²) in [5.41, 5.74) is 1.37. The van der Waals surface area contributed by atoms with Crippen molar-refractivity contribution in [2.45, 2.75) is 6.92 Å². The maximum absolute atomic E-state index is 12.5. The number of nitrogens with one attached hydrogen (secondary N) is 1. The van der Waals surface area contributed by atoms with E-state index in [-0.39, 0.29) is 6.54 Å². The van der Waals surface area contributed by atoms with Crippen LogP contribution in [0, 0.1) is 0 Å². The normalized spacial score (nSPS) is 15.5. The van der Waals surface area contributed by atoms with Gasteiger partial charge in [0.05, 0.1) is 11.5 Å². The van der Waals surface area contributed by atoms with Crippen LogP contribution in [-0.2, 0) is 16.6 Å². The third kappa shape index (κ3) is 4.40. The summed E-state index contributed by atoms with van der Waals surface area (Å²) in [5, 5.41) is 2.22. The van der Waals surface area contributed by atoms with Gasteiger partial charge in [-0.05, 0) is 61.2 Å². The number of aryl methyl sites for hydroxylation is 1. The number of hydrogen-bond acceptors (Lipinski definition) is 5. The molecule has 140 valence electrons. The van der Waals surface area contributed by atoms with Gasteiger partial charge in [-0.2, -0.15) is 0 Å². The van der Waals surface area contributed by atoms with Crippen LogP contribution in [0.15, 0.2) is 47.5 Å². The summed E-state index contributed by atoms with van der Waals surface area (Å²) in [4.78, 5) is 38.1. The highest BCUT2D eigenvalue weighted by molar-refractivity contribution is 8.18. The maximum Gasteiger partial charge on any atom is 0.294 e. The van der Waals surface area contributed by atoms with Crippen LogP contribution in [0.1, 0.15) is 12.6 Å². The van der Waals surface area contributed by atoms with Gasteiger partial charge < -0.3 is 14.6 Å². The molecule has 7 nitrogen and oxygen atoms in total. The van der Waals surface area contributed by atoms with E-state index in [4.69, 9.17) is 4.74 Å². The Labute approximate surface area is 161 Å². The molecule has 8 heteroatoms. The number of anilines is 1. The van der Waals surface area contributed by atoms with E-state index in [1.165, 1.54) is 0 Å². The van der Waals surface area contributed by atoms with Crippen molar-refractivity contribution < 1.29 is 19.1 Å². The van der Waals surface area contributed by atoms with E-state index in [0.29, 0.717) is 22.9 Å². The number of benzene rings is 1. The maximum atomic E-state index is 12.5. The molecule has 0 unspecified atom stereocenters. The Hall–Kier alpha value is -3.00. The van der Waals surface area contributed by atoms with Crippen molar-refractivity contribution in [1.29, 1.82) is 0 Å². The third-order valence-corrected chi connectivity index (χ3v) is 4.79. The number of ether oxygens (including phenoxy) is 1. The minimum Gasteiger partial charge on any atom is -0.494 e. The van der Waals surface area contributed by atoms with Crippen molar-refractivity contribution >= 4 is 40.6 Å². The number of hydrogen-bond donors (Lipinski definition) is 1. The molecule has 0 radical (unpaired) electrons. The van der Waals surface area contributed by atoms with E-state index in [1.54, 1.807) is 30.3 Å². The van der Waals surface area contributed by atoms with Gasteiger partial charge in [-0.1, -0.05) is 0 Å². The number of carbonyl (C=O) groups is 3. The van der Waals surface area contributed by atoms with Crippen LogP contribution in [0.25, 0.3) is 6.08 Å². The first-order chi connectivity index (χ1) is 13.0. The Morgan fingerprint density at radius 1 is 1.22 bits per heavy atom. The zero-order valence-electron chi connectivity index (χ0n) is 15.0. The summed E-state index contributed by atoms with van der Waals surface area (Å²) in [5.74, 6) is -0.207. The second-order valence-corrected chi connectivity index (χ2v) is 6.81. The van der Waals surface area contributed by atoms with Crippen LogP contribution in [-0.4, -0.2) is 39.7 Å². The van der Waals surface area contributed by atoms with Gasteiger partial charge in [0, 0.05) is 24.6 Å². The van der Waals surface area contributed by atoms with Crippen LogP contribution in [0.4, 0.5) is 10.5 Å². The van der Waals surface area contributed by atoms with Crippen molar-refractivity contribution in [3.63, 3.8) is 0 Å². The molecule has 1 saturated heterocycles. The zero-order chi connectivity index (χ0) is 19.4. The van der Waals surface area contributed by atoms with E-state index >= 15 is 0 Å². The number of thioether (sulfide) groups is 1. The molecule has 0 bridgehead atoms. The number of imide groups is 1. The first-order valence-electron chi connectivity index (χ1n) is 8.37. The average Bonchev–Trinajstić information content (AvgIpc) is 3.15. The molecule has 1 aliphatic rings. The molecule has 2 heterocycles. The Bertz CT molecular complexity index is 902. The fourth-order valence-corrected chi connectivity index (χ4v) is 3.36. The van der Waals surface area contributed by atoms with E-state index < -0.39 is 17.1 Å². The lowest BCUT2D eigenvalue weighted by Gasteiger charge is -2.12. The summed E-state index contributed by atoms with van der Waals surface area (Å²) in [6.45, 7) is 2.11. The minimum absolute atomic E-state index is 0.302. The fourth-order valence-electron chi connectivity index (χ4n) is 2.54. The molecule has 3 amide bonds. The van der Waals surface area contributed by atoms with Crippen LogP contribution >= 0.6 is 11.8 Å².